The summed E-state index contributed by atoms with van der Waals surface area (Å²) in [6, 6.07) is 21.2. The molecule has 0 saturated heterocycles. The van der Waals surface area contributed by atoms with E-state index in [1.807, 2.05) is 6.07 Å². The Morgan fingerprint density at radius 3 is 2.30 bits per heavy atom. The second kappa shape index (κ2) is 9.71. The molecule has 0 aliphatic heterocycles. The fourth-order valence-corrected chi connectivity index (χ4v) is 3.48. The van der Waals surface area contributed by atoms with Crippen molar-refractivity contribution in [2.75, 3.05) is 6.61 Å². The first-order valence-corrected chi connectivity index (χ1v) is 10.6. The molecule has 1 amide bonds. The van der Waals surface area contributed by atoms with Crippen molar-refractivity contribution in [3.05, 3.63) is 90.0 Å². The van der Waals surface area contributed by atoms with Crippen molar-refractivity contribution in [1.29, 1.82) is 0 Å². The number of hydrogen-bond donors (Lipinski definition) is 1. The zero-order valence-electron chi connectivity index (χ0n) is 16.2. The summed E-state index contributed by atoms with van der Waals surface area (Å²) in [5.74, 6) is -0.0349. The molecule has 0 heterocycles. The van der Waals surface area contributed by atoms with Gasteiger partial charge in [-0.15, -0.1) is 0 Å². The molecule has 0 bridgehead atoms. The lowest BCUT2D eigenvalue weighted by Gasteiger charge is -2.12. The molecule has 0 aliphatic carbocycles. The number of amides is 1. The van der Waals surface area contributed by atoms with Crippen LogP contribution in [0.5, 0.6) is 11.5 Å². The molecule has 154 valence electrons. The Kier molecular flexibility index (Phi) is 6.82. The molecule has 0 aromatic heterocycles. The summed E-state index contributed by atoms with van der Waals surface area (Å²) in [6.07, 6.45) is 1.43. The molecule has 7 nitrogen and oxygen atoms in total. The molecule has 0 saturated carbocycles. The third kappa shape index (κ3) is 5.45. The molecule has 3 rings (SSSR count). The van der Waals surface area contributed by atoms with Crippen LogP contribution in [-0.2, 0) is 10.1 Å². The van der Waals surface area contributed by atoms with E-state index in [1.165, 1.54) is 24.4 Å². The normalized spacial score (nSPS) is 11.2. The monoisotopic (exact) mass is 424 g/mol. The van der Waals surface area contributed by atoms with Gasteiger partial charge in [0.1, 0.15) is 4.90 Å². The van der Waals surface area contributed by atoms with E-state index in [0.717, 1.165) is 0 Å². The predicted octanol–water partition coefficient (Wildman–Crippen LogP) is 3.62. The van der Waals surface area contributed by atoms with Crippen LogP contribution in [0.15, 0.2) is 88.9 Å². The van der Waals surface area contributed by atoms with Gasteiger partial charge in [0.2, 0.25) is 0 Å². The van der Waals surface area contributed by atoms with Crippen LogP contribution in [0.2, 0.25) is 0 Å². The first-order chi connectivity index (χ1) is 14.5. The van der Waals surface area contributed by atoms with Crippen LogP contribution >= 0.6 is 0 Å². The lowest BCUT2D eigenvalue weighted by Crippen LogP contribution is -2.17. The molecule has 0 fully saturated rings. The fraction of sp³-hybridized carbons (Fsp3) is 0.0909. The number of benzene rings is 3. The first-order valence-electron chi connectivity index (χ1n) is 9.14. The molecular weight excluding hydrogens is 404 g/mol. The summed E-state index contributed by atoms with van der Waals surface area (Å²) in [4.78, 5) is 12.1. The Labute approximate surface area is 175 Å². The van der Waals surface area contributed by atoms with E-state index < -0.39 is 10.1 Å². The topological polar surface area (TPSA) is 94.1 Å². The summed E-state index contributed by atoms with van der Waals surface area (Å²) < 4.78 is 35.7. The van der Waals surface area contributed by atoms with Gasteiger partial charge in [-0.05, 0) is 55.0 Å². The van der Waals surface area contributed by atoms with E-state index in [1.54, 1.807) is 61.5 Å². The number of carbonyl (C=O) groups is 1. The third-order valence-corrected chi connectivity index (χ3v) is 5.16. The summed E-state index contributed by atoms with van der Waals surface area (Å²) in [7, 11) is -4.00. The van der Waals surface area contributed by atoms with Crippen LogP contribution in [0.4, 0.5) is 0 Å². The highest BCUT2D eigenvalue weighted by Crippen LogP contribution is 2.30. The minimum absolute atomic E-state index is 0.0433. The van der Waals surface area contributed by atoms with Gasteiger partial charge in [0.05, 0.1) is 12.8 Å². The molecule has 0 aliphatic rings. The van der Waals surface area contributed by atoms with Crippen molar-refractivity contribution in [2.45, 2.75) is 11.8 Å². The molecule has 3 aromatic rings. The number of nitrogens with one attached hydrogen (secondary N) is 1. The Hall–Kier alpha value is -3.65. The Balaban J connectivity index is 1.75. The summed E-state index contributed by atoms with van der Waals surface area (Å²) in [5, 5.41) is 3.93. The average Bonchev–Trinajstić information content (AvgIpc) is 2.76. The lowest BCUT2D eigenvalue weighted by molar-refractivity contribution is 0.0955. The summed E-state index contributed by atoms with van der Waals surface area (Å²) in [5.41, 5.74) is 3.52. The summed E-state index contributed by atoms with van der Waals surface area (Å²) in [6.45, 7) is 2.09. The molecule has 1 N–H and O–H groups in total. The number of carbonyl (C=O) groups excluding carboxylic acids is 1. The quantitative estimate of drug-likeness (QED) is 0.339. The lowest BCUT2D eigenvalue weighted by atomic mass is 10.2. The van der Waals surface area contributed by atoms with Gasteiger partial charge in [0, 0.05) is 5.56 Å². The van der Waals surface area contributed by atoms with Gasteiger partial charge in [-0.25, -0.2) is 5.43 Å². The van der Waals surface area contributed by atoms with Crippen molar-refractivity contribution >= 4 is 22.2 Å². The highest BCUT2D eigenvalue weighted by molar-refractivity contribution is 7.87. The van der Waals surface area contributed by atoms with Crippen LogP contribution in [0.3, 0.4) is 0 Å². The molecule has 3 aromatic carbocycles. The fourth-order valence-electron chi connectivity index (χ4n) is 2.52. The average molecular weight is 424 g/mol. The van der Waals surface area contributed by atoms with E-state index in [2.05, 4.69) is 10.5 Å². The molecule has 0 radical (unpaired) electrons. The van der Waals surface area contributed by atoms with E-state index >= 15 is 0 Å². The SMILES string of the molecule is CCOc1cc(/C=N\NC(=O)c2ccccc2)ccc1OS(=O)(=O)c1ccccc1. The van der Waals surface area contributed by atoms with Crippen LogP contribution in [0.1, 0.15) is 22.8 Å². The minimum Gasteiger partial charge on any atom is -0.490 e. The van der Waals surface area contributed by atoms with Crippen molar-refractivity contribution in [3.8, 4) is 11.5 Å². The van der Waals surface area contributed by atoms with Crippen LogP contribution in [0.25, 0.3) is 0 Å². The van der Waals surface area contributed by atoms with Crippen LogP contribution < -0.4 is 14.3 Å². The van der Waals surface area contributed by atoms with Gasteiger partial charge in [-0.2, -0.15) is 13.5 Å². The number of nitrogens with zero attached hydrogens (tertiary/aromatic N) is 1. The molecule has 0 atom stereocenters. The van der Waals surface area contributed by atoms with E-state index in [0.29, 0.717) is 17.7 Å². The van der Waals surface area contributed by atoms with E-state index in [4.69, 9.17) is 8.92 Å². The maximum atomic E-state index is 12.5. The van der Waals surface area contributed by atoms with Gasteiger partial charge in [0.25, 0.3) is 5.91 Å². The zero-order chi connectivity index (χ0) is 21.4. The number of ether oxygens (including phenoxy) is 1. The maximum absolute atomic E-state index is 12.5. The highest BCUT2D eigenvalue weighted by Gasteiger charge is 2.19. The highest BCUT2D eigenvalue weighted by atomic mass is 32.2. The predicted molar refractivity (Wildman–Crippen MR) is 113 cm³/mol. The van der Waals surface area contributed by atoms with Crippen molar-refractivity contribution in [3.63, 3.8) is 0 Å². The Bertz CT molecular complexity index is 1130. The Morgan fingerprint density at radius 1 is 0.967 bits per heavy atom. The second-order valence-electron chi connectivity index (χ2n) is 6.05. The van der Waals surface area contributed by atoms with Crippen LogP contribution in [0, 0.1) is 0 Å². The van der Waals surface area contributed by atoms with Gasteiger partial charge in [-0.1, -0.05) is 36.4 Å². The molecule has 30 heavy (non-hydrogen) atoms. The third-order valence-electron chi connectivity index (χ3n) is 3.91. The van der Waals surface area contributed by atoms with Gasteiger partial charge < -0.3 is 8.92 Å². The van der Waals surface area contributed by atoms with Crippen molar-refractivity contribution in [1.82, 2.24) is 5.43 Å². The standard InChI is InChI=1S/C22H20N2O5S/c1-2-28-21-15-17(16-23-24-22(25)18-9-5-3-6-10-18)13-14-20(21)29-30(26,27)19-11-7-4-8-12-19/h3-16H,2H2,1H3,(H,24,25)/b23-16-. The number of hydrogen-bond acceptors (Lipinski definition) is 6. The smallest absolute Gasteiger partial charge is 0.339 e. The largest absolute Gasteiger partial charge is 0.490 e. The van der Waals surface area contributed by atoms with E-state index in [9.17, 15) is 13.2 Å². The molecular formula is C22H20N2O5S. The molecule has 8 heteroatoms. The van der Waals surface area contributed by atoms with Gasteiger partial charge in [0.15, 0.2) is 11.5 Å². The Morgan fingerprint density at radius 2 is 1.63 bits per heavy atom. The maximum Gasteiger partial charge on any atom is 0.339 e. The van der Waals surface area contributed by atoms with Crippen molar-refractivity contribution < 1.29 is 22.1 Å². The van der Waals surface area contributed by atoms with Gasteiger partial charge in [-0.3, -0.25) is 4.79 Å². The van der Waals surface area contributed by atoms with E-state index in [-0.39, 0.29) is 22.3 Å². The zero-order valence-corrected chi connectivity index (χ0v) is 17.0. The minimum atomic E-state index is -4.00. The number of hydrazone groups is 1. The number of rotatable bonds is 8. The van der Waals surface area contributed by atoms with Crippen LogP contribution in [-0.4, -0.2) is 27.1 Å². The summed E-state index contributed by atoms with van der Waals surface area (Å²) >= 11 is 0. The second-order valence-corrected chi connectivity index (χ2v) is 7.60. The first kappa shape index (κ1) is 21.1. The van der Waals surface area contributed by atoms with Crippen molar-refractivity contribution in [2.24, 2.45) is 5.10 Å². The van der Waals surface area contributed by atoms with Gasteiger partial charge >= 0.3 is 10.1 Å². The molecule has 0 unspecified atom stereocenters. The molecule has 0 spiro atoms.